The lowest BCUT2D eigenvalue weighted by atomic mass is 9.96. The van der Waals surface area contributed by atoms with Gasteiger partial charge in [0.1, 0.15) is 17.0 Å². The second-order valence-corrected chi connectivity index (χ2v) is 15.1. The molecule has 0 N–H and O–H groups in total. The van der Waals surface area contributed by atoms with Crippen LogP contribution in [0.2, 0.25) is 0 Å². The van der Waals surface area contributed by atoms with Crippen molar-refractivity contribution in [2.45, 2.75) is 0 Å². The first-order valence-electron chi connectivity index (χ1n) is 20.0. The number of furan rings is 1. The van der Waals surface area contributed by atoms with Gasteiger partial charge in [-0.25, -0.2) is 4.98 Å². The van der Waals surface area contributed by atoms with Crippen molar-refractivity contribution in [1.29, 1.82) is 0 Å². The van der Waals surface area contributed by atoms with Gasteiger partial charge in [0.25, 0.3) is 0 Å². The maximum atomic E-state index is 7.07. The molecule has 0 aliphatic carbocycles. The first-order chi connectivity index (χ1) is 29.3. The van der Waals surface area contributed by atoms with E-state index in [0.29, 0.717) is 0 Å². The summed E-state index contributed by atoms with van der Waals surface area (Å²) in [7, 11) is 0. The third-order valence-corrected chi connectivity index (χ3v) is 11.7. The van der Waals surface area contributed by atoms with E-state index in [9.17, 15) is 0 Å². The molecule has 0 amide bonds. The van der Waals surface area contributed by atoms with Gasteiger partial charge in [-0.1, -0.05) is 152 Å². The molecule has 0 aliphatic rings. The standard InChI is InChI=1S/C55H35N3O/c1-3-15-36(16-4-1)38-29-31-41(32-30-38)58-51-28-12-9-25-48(51)56-55(58)47-34-40(37-17-5-2-6-18-37)35-52-53(47)46-24-14-23-43(54(46)59-52)39-19-13-20-42(33-39)57-49-26-10-7-21-44(49)45-22-8-11-27-50(45)57/h1-35H. The summed E-state index contributed by atoms with van der Waals surface area (Å²) in [6.07, 6.45) is 0. The molecule has 0 fully saturated rings. The highest BCUT2D eigenvalue weighted by molar-refractivity contribution is 6.16. The number of benzene rings is 9. The molecular weight excluding hydrogens is 719 g/mol. The van der Waals surface area contributed by atoms with Gasteiger partial charge in [0, 0.05) is 44.0 Å². The zero-order chi connectivity index (χ0) is 38.9. The minimum atomic E-state index is 0.820. The monoisotopic (exact) mass is 753 g/mol. The molecule has 3 heterocycles. The van der Waals surface area contributed by atoms with Crippen LogP contribution in [-0.2, 0) is 0 Å². The average Bonchev–Trinajstić information content (AvgIpc) is 3.99. The molecule has 0 spiro atoms. The van der Waals surface area contributed by atoms with Crippen LogP contribution in [0.25, 0.3) is 111 Å². The summed E-state index contributed by atoms with van der Waals surface area (Å²) in [5, 5.41) is 4.57. The van der Waals surface area contributed by atoms with Gasteiger partial charge < -0.3 is 8.98 Å². The van der Waals surface area contributed by atoms with Crippen molar-refractivity contribution in [3.8, 4) is 56.1 Å². The summed E-state index contributed by atoms with van der Waals surface area (Å²) in [4.78, 5) is 5.40. The first-order valence-corrected chi connectivity index (χ1v) is 20.0. The molecule has 0 saturated heterocycles. The van der Waals surface area contributed by atoms with E-state index in [1.54, 1.807) is 0 Å². The van der Waals surface area contributed by atoms with E-state index < -0.39 is 0 Å². The maximum absolute atomic E-state index is 7.07. The lowest BCUT2D eigenvalue weighted by Gasteiger charge is -2.13. The minimum Gasteiger partial charge on any atom is -0.455 e. The molecule has 276 valence electrons. The Balaban J connectivity index is 1.09. The SMILES string of the molecule is c1ccc(-c2ccc(-n3c(-c4cc(-c5ccccc5)cc5oc6c(-c7cccc(-n8c9ccccc9c9ccccc98)c7)cccc6c45)nc4ccccc43)cc2)cc1. The third kappa shape index (κ3) is 5.34. The normalized spacial score (nSPS) is 11.7. The molecule has 59 heavy (non-hydrogen) atoms. The van der Waals surface area contributed by atoms with Crippen molar-refractivity contribution >= 4 is 54.8 Å². The van der Waals surface area contributed by atoms with Crippen molar-refractivity contribution in [2.24, 2.45) is 0 Å². The lowest BCUT2D eigenvalue weighted by molar-refractivity contribution is 0.670. The smallest absolute Gasteiger partial charge is 0.146 e. The highest BCUT2D eigenvalue weighted by Crippen LogP contribution is 2.44. The van der Waals surface area contributed by atoms with Crippen LogP contribution in [0, 0.1) is 0 Å². The van der Waals surface area contributed by atoms with Gasteiger partial charge in [-0.3, -0.25) is 4.57 Å². The minimum absolute atomic E-state index is 0.820. The number of nitrogens with zero attached hydrogens (tertiary/aromatic N) is 3. The van der Waals surface area contributed by atoms with Crippen molar-refractivity contribution in [1.82, 2.24) is 14.1 Å². The summed E-state index contributed by atoms with van der Waals surface area (Å²) in [5.74, 6) is 0.864. The summed E-state index contributed by atoms with van der Waals surface area (Å²) >= 11 is 0. The van der Waals surface area contributed by atoms with E-state index in [1.807, 2.05) is 0 Å². The molecule has 0 unspecified atom stereocenters. The molecule has 3 aromatic heterocycles. The van der Waals surface area contributed by atoms with Crippen molar-refractivity contribution in [3.63, 3.8) is 0 Å². The maximum Gasteiger partial charge on any atom is 0.146 e. The molecule has 12 aromatic rings. The van der Waals surface area contributed by atoms with E-state index in [1.165, 1.54) is 32.9 Å². The van der Waals surface area contributed by atoms with Crippen LogP contribution in [-0.4, -0.2) is 14.1 Å². The summed E-state index contributed by atoms with van der Waals surface area (Å²) < 4.78 is 11.7. The number of imidazole rings is 1. The number of hydrogen-bond acceptors (Lipinski definition) is 2. The Morgan fingerprint density at radius 2 is 0.932 bits per heavy atom. The molecule has 0 saturated carbocycles. The Bertz CT molecular complexity index is 3480. The molecule has 0 radical (unpaired) electrons. The number of fused-ring (bicyclic) bond motifs is 7. The van der Waals surface area contributed by atoms with Crippen molar-refractivity contribution in [2.75, 3.05) is 0 Å². The number of hydrogen-bond donors (Lipinski definition) is 0. The van der Waals surface area contributed by atoms with Gasteiger partial charge in [0.15, 0.2) is 0 Å². The second-order valence-electron chi connectivity index (χ2n) is 15.1. The van der Waals surface area contributed by atoms with E-state index in [4.69, 9.17) is 9.40 Å². The van der Waals surface area contributed by atoms with Crippen LogP contribution in [0.1, 0.15) is 0 Å². The van der Waals surface area contributed by atoms with Crippen molar-refractivity contribution < 1.29 is 4.42 Å². The molecule has 0 atom stereocenters. The fraction of sp³-hybridized carbons (Fsp3) is 0. The fourth-order valence-electron chi connectivity index (χ4n) is 9.04. The van der Waals surface area contributed by atoms with Gasteiger partial charge in [-0.2, -0.15) is 0 Å². The van der Waals surface area contributed by atoms with E-state index in [2.05, 4.69) is 221 Å². The number of para-hydroxylation sites is 5. The van der Waals surface area contributed by atoms with Gasteiger partial charge in [-0.05, 0) is 88.5 Å². The second kappa shape index (κ2) is 13.3. The molecular formula is C55H35N3O. The van der Waals surface area contributed by atoms with Crippen LogP contribution >= 0.6 is 0 Å². The Morgan fingerprint density at radius 3 is 1.66 bits per heavy atom. The van der Waals surface area contributed by atoms with Gasteiger partial charge in [0.05, 0.1) is 22.1 Å². The predicted molar refractivity (Wildman–Crippen MR) is 244 cm³/mol. The van der Waals surface area contributed by atoms with Gasteiger partial charge in [0.2, 0.25) is 0 Å². The summed E-state index contributed by atoms with van der Waals surface area (Å²) in [6.45, 7) is 0. The van der Waals surface area contributed by atoms with E-state index in [0.717, 1.165) is 78.0 Å². The van der Waals surface area contributed by atoms with E-state index in [-0.39, 0.29) is 0 Å². The first kappa shape index (κ1) is 33.2. The average molecular weight is 754 g/mol. The predicted octanol–water partition coefficient (Wildman–Crippen LogP) is 14.7. The van der Waals surface area contributed by atoms with Crippen LogP contribution in [0.4, 0.5) is 0 Å². The summed E-state index contributed by atoms with van der Waals surface area (Å²) in [5.41, 5.74) is 15.8. The van der Waals surface area contributed by atoms with Gasteiger partial charge in [-0.15, -0.1) is 0 Å². The van der Waals surface area contributed by atoms with Gasteiger partial charge >= 0.3 is 0 Å². The molecule has 12 rings (SSSR count). The molecule has 0 aliphatic heterocycles. The Labute approximate surface area is 340 Å². The fourth-order valence-corrected chi connectivity index (χ4v) is 9.04. The Kier molecular flexibility index (Phi) is 7.50. The zero-order valence-electron chi connectivity index (χ0n) is 32.0. The highest BCUT2D eigenvalue weighted by Gasteiger charge is 2.23. The van der Waals surface area contributed by atoms with Crippen LogP contribution in [0.5, 0.6) is 0 Å². The number of aromatic nitrogens is 3. The van der Waals surface area contributed by atoms with Crippen molar-refractivity contribution in [3.05, 3.63) is 212 Å². The van der Waals surface area contributed by atoms with Crippen LogP contribution in [0.3, 0.4) is 0 Å². The summed E-state index contributed by atoms with van der Waals surface area (Å²) in [6, 6.07) is 75.4. The Hall–Kier alpha value is -7.95. The largest absolute Gasteiger partial charge is 0.455 e. The zero-order valence-corrected chi connectivity index (χ0v) is 32.0. The highest BCUT2D eigenvalue weighted by atomic mass is 16.3. The Morgan fingerprint density at radius 1 is 0.356 bits per heavy atom. The van der Waals surface area contributed by atoms with Crippen LogP contribution in [0.15, 0.2) is 217 Å². The van der Waals surface area contributed by atoms with E-state index >= 15 is 0 Å². The number of rotatable bonds is 6. The lowest BCUT2D eigenvalue weighted by Crippen LogP contribution is -1.98. The third-order valence-electron chi connectivity index (χ3n) is 11.7. The topological polar surface area (TPSA) is 35.9 Å². The molecule has 0 bridgehead atoms. The van der Waals surface area contributed by atoms with Crippen LogP contribution < -0.4 is 0 Å². The molecule has 4 heteroatoms. The molecule has 4 nitrogen and oxygen atoms in total. The molecule has 9 aromatic carbocycles. The quantitative estimate of drug-likeness (QED) is 0.169.